The lowest BCUT2D eigenvalue weighted by atomic mass is 9.96. The van der Waals surface area contributed by atoms with Crippen LogP contribution in [-0.2, 0) is 11.2 Å². The predicted molar refractivity (Wildman–Crippen MR) is 104 cm³/mol. The zero-order valence-electron chi connectivity index (χ0n) is 15.6. The Balaban J connectivity index is 1.78. The fourth-order valence-electron chi connectivity index (χ4n) is 3.85. The standard InChI is InChI=1S/C21H25N3O2/c1-4-5-19(25)24-10-8-15(9-11-24)23-18-7-6-16(21(22)26)17-12-13(2)14(3)20(17)18/h6-7,15,23H,8-12H2,1-3H3,(H2,22,26). The molecule has 0 spiro atoms. The van der Waals surface area contributed by atoms with Crippen LogP contribution in [0.15, 0.2) is 17.7 Å². The Hall–Kier alpha value is -2.74. The van der Waals surface area contributed by atoms with E-state index in [-0.39, 0.29) is 11.8 Å². The van der Waals surface area contributed by atoms with E-state index in [1.165, 1.54) is 11.1 Å². The highest BCUT2D eigenvalue weighted by Crippen LogP contribution is 2.39. The van der Waals surface area contributed by atoms with Crippen LogP contribution < -0.4 is 11.1 Å². The van der Waals surface area contributed by atoms with Gasteiger partial charge in [-0.1, -0.05) is 11.5 Å². The number of likely N-dealkylation sites (tertiary alicyclic amines) is 1. The van der Waals surface area contributed by atoms with Crippen molar-refractivity contribution in [3.8, 4) is 11.8 Å². The van der Waals surface area contributed by atoms with Gasteiger partial charge in [0.15, 0.2) is 0 Å². The number of allylic oxidation sites excluding steroid dienone is 2. The molecule has 1 aromatic rings. The van der Waals surface area contributed by atoms with Gasteiger partial charge in [-0.3, -0.25) is 9.59 Å². The predicted octanol–water partition coefficient (Wildman–Crippen LogP) is 2.56. The maximum Gasteiger partial charge on any atom is 0.298 e. The lowest BCUT2D eigenvalue weighted by molar-refractivity contribution is -0.126. The molecule has 1 aliphatic carbocycles. The van der Waals surface area contributed by atoms with E-state index in [1.54, 1.807) is 6.92 Å². The van der Waals surface area contributed by atoms with E-state index in [2.05, 4.69) is 31.0 Å². The number of carbonyl (C=O) groups is 2. The molecule has 1 fully saturated rings. The number of piperidine rings is 1. The van der Waals surface area contributed by atoms with Gasteiger partial charge in [0.05, 0.1) is 0 Å². The minimum atomic E-state index is -0.376. The van der Waals surface area contributed by atoms with Gasteiger partial charge in [0.25, 0.3) is 5.91 Å². The lowest BCUT2D eigenvalue weighted by Crippen LogP contribution is -2.42. The topological polar surface area (TPSA) is 75.4 Å². The van der Waals surface area contributed by atoms with Gasteiger partial charge in [0.2, 0.25) is 5.91 Å². The average molecular weight is 351 g/mol. The van der Waals surface area contributed by atoms with Crippen LogP contribution in [0.1, 0.15) is 55.1 Å². The van der Waals surface area contributed by atoms with Gasteiger partial charge in [-0.2, -0.15) is 0 Å². The van der Waals surface area contributed by atoms with Gasteiger partial charge < -0.3 is 16.0 Å². The molecule has 26 heavy (non-hydrogen) atoms. The van der Waals surface area contributed by atoms with E-state index < -0.39 is 0 Å². The van der Waals surface area contributed by atoms with Crippen LogP contribution in [0.3, 0.4) is 0 Å². The van der Waals surface area contributed by atoms with E-state index in [4.69, 9.17) is 5.73 Å². The van der Waals surface area contributed by atoms with Crippen LogP contribution in [0.2, 0.25) is 0 Å². The molecule has 3 rings (SSSR count). The van der Waals surface area contributed by atoms with Crippen molar-refractivity contribution in [1.29, 1.82) is 0 Å². The summed E-state index contributed by atoms with van der Waals surface area (Å²) in [5, 5.41) is 3.63. The Morgan fingerprint density at radius 3 is 2.54 bits per heavy atom. The summed E-state index contributed by atoms with van der Waals surface area (Å²) in [7, 11) is 0. The largest absolute Gasteiger partial charge is 0.382 e. The molecule has 0 atom stereocenters. The van der Waals surface area contributed by atoms with Gasteiger partial charge in [0, 0.05) is 35.9 Å². The zero-order valence-corrected chi connectivity index (χ0v) is 15.6. The quantitative estimate of drug-likeness (QED) is 0.822. The lowest BCUT2D eigenvalue weighted by Gasteiger charge is -2.32. The van der Waals surface area contributed by atoms with Crippen LogP contribution in [0, 0.1) is 11.8 Å². The number of nitrogens with zero attached hydrogens (tertiary/aromatic N) is 1. The fraction of sp³-hybridized carbons (Fsp3) is 0.429. The molecule has 1 heterocycles. The van der Waals surface area contributed by atoms with E-state index >= 15 is 0 Å². The summed E-state index contributed by atoms with van der Waals surface area (Å²) in [4.78, 5) is 25.5. The number of primary amides is 1. The summed E-state index contributed by atoms with van der Waals surface area (Å²) in [6, 6.07) is 4.08. The Morgan fingerprint density at radius 1 is 1.23 bits per heavy atom. The molecule has 1 saturated heterocycles. The van der Waals surface area contributed by atoms with Gasteiger partial charge in [-0.25, -0.2) is 0 Å². The third-order valence-corrected chi connectivity index (χ3v) is 5.41. The molecular weight excluding hydrogens is 326 g/mol. The Kier molecular flexibility index (Phi) is 5.03. The summed E-state index contributed by atoms with van der Waals surface area (Å²) in [6.45, 7) is 7.30. The minimum absolute atomic E-state index is 0.0907. The summed E-state index contributed by atoms with van der Waals surface area (Å²) >= 11 is 0. The first-order chi connectivity index (χ1) is 12.4. The normalized spacial score (nSPS) is 16.8. The summed E-state index contributed by atoms with van der Waals surface area (Å²) < 4.78 is 0. The van der Waals surface area contributed by atoms with Crippen molar-refractivity contribution in [2.24, 2.45) is 5.73 Å². The molecule has 5 nitrogen and oxygen atoms in total. The van der Waals surface area contributed by atoms with Crippen LogP contribution in [-0.4, -0.2) is 35.8 Å². The Labute approximate surface area is 154 Å². The first-order valence-electron chi connectivity index (χ1n) is 9.03. The number of nitrogens with one attached hydrogen (secondary N) is 1. The monoisotopic (exact) mass is 351 g/mol. The molecule has 1 aromatic carbocycles. The number of amides is 2. The average Bonchev–Trinajstić information content (AvgIpc) is 2.91. The van der Waals surface area contributed by atoms with Gasteiger partial charge in [-0.15, -0.1) is 0 Å². The van der Waals surface area contributed by atoms with Crippen molar-refractivity contribution in [3.05, 3.63) is 34.4 Å². The van der Waals surface area contributed by atoms with E-state index in [9.17, 15) is 9.59 Å². The van der Waals surface area contributed by atoms with Crippen molar-refractivity contribution in [2.75, 3.05) is 18.4 Å². The number of hydrogen-bond acceptors (Lipinski definition) is 3. The number of anilines is 1. The molecule has 0 radical (unpaired) electrons. The number of rotatable bonds is 3. The summed E-state index contributed by atoms with van der Waals surface area (Å²) in [5.74, 6) is 4.81. The highest BCUT2D eigenvalue weighted by molar-refractivity contribution is 5.99. The second kappa shape index (κ2) is 7.25. The summed E-state index contributed by atoms with van der Waals surface area (Å²) in [6.07, 6.45) is 2.54. The minimum Gasteiger partial charge on any atom is -0.382 e. The van der Waals surface area contributed by atoms with Crippen LogP contribution in [0.25, 0.3) is 5.57 Å². The van der Waals surface area contributed by atoms with Crippen molar-refractivity contribution < 1.29 is 9.59 Å². The Bertz CT molecular complexity index is 850. The molecule has 0 aromatic heterocycles. The van der Waals surface area contributed by atoms with Gasteiger partial charge >= 0.3 is 0 Å². The molecule has 1 aliphatic heterocycles. The van der Waals surface area contributed by atoms with Crippen molar-refractivity contribution in [1.82, 2.24) is 4.90 Å². The highest BCUT2D eigenvalue weighted by Gasteiger charge is 2.27. The van der Waals surface area contributed by atoms with Crippen LogP contribution >= 0.6 is 0 Å². The molecule has 136 valence electrons. The first-order valence-corrected chi connectivity index (χ1v) is 9.03. The molecule has 0 unspecified atom stereocenters. The smallest absolute Gasteiger partial charge is 0.298 e. The first kappa shape index (κ1) is 18.1. The number of carbonyl (C=O) groups excluding carboxylic acids is 2. The Morgan fingerprint density at radius 2 is 1.92 bits per heavy atom. The molecule has 0 saturated carbocycles. The van der Waals surface area contributed by atoms with Gasteiger partial charge in [0.1, 0.15) is 0 Å². The zero-order chi connectivity index (χ0) is 18.8. The second-order valence-electron chi connectivity index (χ2n) is 7.05. The molecule has 2 aliphatic rings. The summed E-state index contributed by atoms with van der Waals surface area (Å²) in [5.41, 5.74) is 11.9. The SMILES string of the molecule is CC#CC(=O)N1CCC(Nc2ccc(C(N)=O)c3c2C(C)=C(C)C3)CC1. The van der Waals surface area contributed by atoms with Crippen LogP contribution in [0.4, 0.5) is 5.69 Å². The van der Waals surface area contributed by atoms with Crippen molar-refractivity contribution >= 4 is 23.1 Å². The third kappa shape index (κ3) is 3.32. The van der Waals surface area contributed by atoms with Crippen molar-refractivity contribution in [3.63, 3.8) is 0 Å². The van der Waals surface area contributed by atoms with Crippen molar-refractivity contribution in [2.45, 2.75) is 46.1 Å². The van der Waals surface area contributed by atoms with Crippen LogP contribution in [0.5, 0.6) is 0 Å². The maximum absolute atomic E-state index is 11.9. The van der Waals surface area contributed by atoms with E-state index in [1.807, 2.05) is 17.0 Å². The second-order valence-corrected chi connectivity index (χ2v) is 7.05. The third-order valence-electron chi connectivity index (χ3n) is 5.41. The molecule has 0 bridgehead atoms. The molecule has 5 heteroatoms. The maximum atomic E-state index is 11.9. The molecular formula is C21H25N3O2. The van der Waals surface area contributed by atoms with E-state index in [0.717, 1.165) is 36.1 Å². The number of fused-ring (bicyclic) bond motifs is 1. The number of nitrogens with two attached hydrogens (primary N) is 1. The highest BCUT2D eigenvalue weighted by atomic mass is 16.2. The van der Waals surface area contributed by atoms with Gasteiger partial charge in [-0.05, 0) is 69.2 Å². The number of benzene rings is 1. The molecule has 3 N–H and O–H groups in total. The molecule has 2 amide bonds. The fourth-order valence-corrected chi connectivity index (χ4v) is 3.85. The van der Waals surface area contributed by atoms with E-state index in [0.29, 0.717) is 24.7 Å². The number of hydrogen-bond donors (Lipinski definition) is 2.